The zero-order chi connectivity index (χ0) is 16.3. The number of nitrogens with zero attached hydrogens (tertiary/aromatic N) is 1. The van der Waals surface area contributed by atoms with E-state index >= 15 is 0 Å². The summed E-state index contributed by atoms with van der Waals surface area (Å²) in [5.41, 5.74) is 0. The highest BCUT2D eigenvalue weighted by molar-refractivity contribution is 5.70. The lowest BCUT2D eigenvalue weighted by molar-refractivity contribution is -0.873. The van der Waals surface area contributed by atoms with Gasteiger partial charge in [0.1, 0.15) is 12.8 Å². The van der Waals surface area contributed by atoms with Crippen molar-refractivity contribution in [3.05, 3.63) is 0 Å². The fourth-order valence-corrected chi connectivity index (χ4v) is 2.04. The Labute approximate surface area is 126 Å². The average molecular weight is 301 g/mol. The second kappa shape index (κ2) is 10.3. The Morgan fingerprint density at radius 2 is 1.76 bits per heavy atom. The number of hydrogen-bond acceptors (Lipinski definition) is 5. The van der Waals surface area contributed by atoms with E-state index in [2.05, 4.69) is 0 Å². The number of carboxylic acid groups (broad SMARTS) is 1. The molecule has 0 saturated carbocycles. The number of unbranched alkanes of at least 4 members (excludes halogenated alkanes) is 4. The Bertz CT molecular complexity index is 335. The maximum absolute atomic E-state index is 11.7. The Morgan fingerprint density at radius 1 is 1.14 bits per heavy atom. The van der Waals surface area contributed by atoms with Crippen LogP contribution in [0.1, 0.15) is 44.9 Å². The fraction of sp³-hybridized carbons (Fsp3) is 0.800. The van der Waals surface area contributed by atoms with E-state index in [1.54, 1.807) is 0 Å². The van der Waals surface area contributed by atoms with Crippen LogP contribution in [0.3, 0.4) is 0 Å². The first kappa shape index (κ1) is 19.6. The molecule has 0 aromatic heterocycles. The highest BCUT2D eigenvalue weighted by atomic mass is 16.5. The molecule has 0 aliphatic carbocycles. The van der Waals surface area contributed by atoms with Crippen molar-refractivity contribution in [3.8, 4) is 0 Å². The molecule has 0 heterocycles. The first-order valence-electron chi connectivity index (χ1n) is 7.38. The van der Waals surface area contributed by atoms with Gasteiger partial charge in [-0.3, -0.25) is 4.79 Å². The maximum atomic E-state index is 11.7. The number of carboxylic acids is 1. The van der Waals surface area contributed by atoms with E-state index in [0.29, 0.717) is 23.9 Å². The summed E-state index contributed by atoms with van der Waals surface area (Å²) in [6, 6.07) is 0. The number of aldehydes is 1. The van der Waals surface area contributed by atoms with Crippen LogP contribution in [0.15, 0.2) is 0 Å². The van der Waals surface area contributed by atoms with Crippen LogP contribution in [0.4, 0.5) is 0 Å². The molecule has 0 aliphatic heterocycles. The van der Waals surface area contributed by atoms with Crippen LogP contribution in [0.25, 0.3) is 0 Å². The van der Waals surface area contributed by atoms with Crippen LogP contribution < -0.4 is 5.11 Å². The summed E-state index contributed by atoms with van der Waals surface area (Å²) in [4.78, 5) is 32.6. The lowest BCUT2D eigenvalue weighted by Gasteiger charge is -2.29. The zero-order valence-corrected chi connectivity index (χ0v) is 13.3. The van der Waals surface area contributed by atoms with Crippen molar-refractivity contribution in [1.29, 1.82) is 0 Å². The smallest absolute Gasteiger partial charge is 0.306 e. The standard InChI is InChI=1S/C15H27NO5/c1-16(2,3)12-13(11-14(18)19)21-15(20)9-7-5-4-6-8-10-17/h10,13H,4-9,11-12H2,1-3H3. The highest BCUT2D eigenvalue weighted by Gasteiger charge is 2.22. The maximum Gasteiger partial charge on any atom is 0.306 e. The Balaban J connectivity index is 4.04. The third-order valence-corrected chi connectivity index (χ3v) is 2.90. The van der Waals surface area contributed by atoms with E-state index in [4.69, 9.17) is 4.74 Å². The molecule has 0 amide bonds. The second-order valence-electron chi connectivity index (χ2n) is 6.28. The van der Waals surface area contributed by atoms with Crippen molar-refractivity contribution < 1.29 is 28.7 Å². The Hall–Kier alpha value is -1.43. The molecular formula is C15H27NO5. The fourth-order valence-electron chi connectivity index (χ4n) is 2.04. The van der Waals surface area contributed by atoms with Crippen LogP contribution in [0, 0.1) is 0 Å². The zero-order valence-electron chi connectivity index (χ0n) is 13.3. The third-order valence-electron chi connectivity index (χ3n) is 2.90. The van der Waals surface area contributed by atoms with Gasteiger partial charge < -0.3 is 23.9 Å². The molecule has 0 aromatic carbocycles. The molecule has 0 spiro atoms. The number of carbonyl (C=O) groups excluding carboxylic acids is 3. The topological polar surface area (TPSA) is 83.5 Å². The van der Waals surface area contributed by atoms with Crippen LogP contribution in [0.2, 0.25) is 0 Å². The molecule has 0 saturated heterocycles. The minimum Gasteiger partial charge on any atom is -0.550 e. The first-order valence-corrected chi connectivity index (χ1v) is 7.38. The molecular weight excluding hydrogens is 274 g/mol. The van der Waals surface area contributed by atoms with Gasteiger partial charge in [0.15, 0.2) is 6.10 Å². The van der Waals surface area contributed by atoms with Crippen LogP contribution in [-0.4, -0.2) is 56.5 Å². The molecule has 0 bridgehead atoms. The van der Waals surface area contributed by atoms with Gasteiger partial charge in [0.2, 0.25) is 0 Å². The van der Waals surface area contributed by atoms with Crippen LogP contribution >= 0.6 is 0 Å². The number of aliphatic carboxylic acids is 1. The third kappa shape index (κ3) is 13.3. The van der Waals surface area contributed by atoms with Gasteiger partial charge in [-0.15, -0.1) is 0 Å². The predicted molar refractivity (Wildman–Crippen MR) is 76.2 cm³/mol. The van der Waals surface area contributed by atoms with E-state index in [0.717, 1.165) is 25.5 Å². The number of esters is 1. The molecule has 122 valence electrons. The van der Waals surface area contributed by atoms with Crippen molar-refractivity contribution >= 4 is 18.2 Å². The largest absolute Gasteiger partial charge is 0.550 e. The minimum absolute atomic E-state index is 0.277. The molecule has 0 aromatic rings. The van der Waals surface area contributed by atoms with Gasteiger partial charge in [-0.2, -0.15) is 0 Å². The lowest BCUT2D eigenvalue weighted by Crippen LogP contribution is -2.45. The second-order valence-corrected chi connectivity index (χ2v) is 6.28. The molecule has 0 rings (SSSR count). The van der Waals surface area contributed by atoms with Crippen molar-refractivity contribution in [3.63, 3.8) is 0 Å². The van der Waals surface area contributed by atoms with Crippen molar-refractivity contribution in [1.82, 2.24) is 0 Å². The highest BCUT2D eigenvalue weighted by Crippen LogP contribution is 2.09. The summed E-state index contributed by atoms with van der Waals surface area (Å²) in [6.07, 6.45) is 4.11. The lowest BCUT2D eigenvalue weighted by atomic mass is 10.1. The van der Waals surface area contributed by atoms with Crippen molar-refractivity contribution in [2.75, 3.05) is 27.7 Å². The molecule has 0 radical (unpaired) electrons. The summed E-state index contributed by atoms with van der Waals surface area (Å²) in [5.74, 6) is -1.58. The minimum atomic E-state index is -1.21. The molecule has 1 atom stereocenters. The Kier molecular flexibility index (Phi) is 9.62. The normalized spacial score (nSPS) is 12.7. The predicted octanol–water partition coefficient (Wildman–Crippen LogP) is 0.284. The van der Waals surface area contributed by atoms with Gasteiger partial charge >= 0.3 is 5.97 Å². The molecule has 1 unspecified atom stereocenters. The molecule has 0 aliphatic rings. The summed E-state index contributed by atoms with van der Waals surface area (Å²) < 4.78 is 5.74. The number of likely N-dealkylation sites (N-methyl/N-ethyl adjacent to an activating group) is 1. The molecule has 21 heavy (non-hydrogen) atoms. The Morgan fingerprint density at radius 3 is 2.29 bits per heavy atom. The van der Waals surface area contributed by atoms with Crippen molar-refractivity contribution in [2.45, 2.75) is 51.0 Å². The van der Waals surface area contributed by atoms with E-state index < -0.39 is 12.1 Å². The van der Waals surface area contributed by atoms with E-state index in [-0.39, 0.29) is 18.8 Å². The molecule has 0 N–H and O–H groups in total. The van der Waals surface area contributed by atoms with Crippen LogP contribution in [0.5, 0.6) is 0 Å². The summed E-state index contributed by atoms with van der Waals surface area (Å²) in [5, 5.41) is 10.7. The summed E-state index contributed by atoms with van der Waals surface area (Å²) in [6.45, 7) is 0.430. The first-order chi connectivity index (χ1) is 9.74. The van der Waals surface area contributed by atoms with Crippen molar-refractivity contribution in [2.24, 2.45) is 0 Å². The van der Waals surface area contributed by atoms with Gasteiger partial charge in [0, 0.05) is 25.2 Å². The number of hydrogen-bond donors (Lipinski definition) is 0. The number of carbonyl (C=O) groups is 3. The van der Waals surface area contributed by atoms with Gasteiger partial charge in [-0.1, -0.05) is 12.8 Å². The summed E-state index contributed by atoms with van der Waals surface area (Å²) >= 11 is 0. The molecule has 6 nitrogen and oxygen atoms in total. The molecule has 6 heteroatoms. The van der Waals surface area contributed by atoms with Crippen LogP contribution in [-0.2, 0) is 19.1 Å². The van der Waals surface area contributed by atoms with Gasteiger partial charge in [-0.25, -0.2) is 0 Å². The van der Waals surface area contributed by atoms with E-state index in [9.17, 15) is 19.5 Å². The van der Waals surface area contributed by atoms with Gasteiger partial charge in [0.25, 0.3) is 0 Å². The van der Waals surface area contributed by atoms with E-state index in [1.807, 2.05) is 21.1 Å². The number of ether oxygens (including phenoxy) is 1. The summed E-state index contributed by atoms with van der Waals surface area (Å²) in [7, 11) is 5.72. The number of quaternary nitrogens is 1. The van der Waals surface area contributed by atoms with E-state index in [1.165, 1.54) is 0 Å². The monoisotopic (exact) mass is 301 g/mol. The molecule has 0 fully saturated rings. The average Bonchev–Trinajstić information content (AvgIpc) is 2.30. The quantitative estimate of drug-likeness (QED) is 0.224. The van der Waals surface area contributed by atoms with Gasteiger partial charge in [-0.05, 0) is 12.8 Å². The SMILES string of the molecule is C[N+](C)(C)CC(CC(=O)[O-])OC(=O)CCCCCCC=O. The number of rotatable bonds is 12. The van der Waals surface area contributed by atoms with Gasteiger partial charge in [0.05, 0.1) is 21.1 Å².